The molecule has 1 saturated heterocycles. The van der Waals surface area contributed by atoms with Crippen molar-refractivity contribution < 1.29 is 24.1 Å². The quantitative estimate of drug-likeness (QED) is 0.588. The van der Waals surface area contributed by atoms with Crippen molar-refractivity contribution in [1.82, 2.24) is 10.2 Å². The molecule has 162 valence electrons. The lowest BCUT2D eigenvalue weighted by Gasteiger charge is -2.30. The Balaban J connectivity index is 1.63. The molecule has 30 heavy (non-hydrogen) atoms. The highest BCUT2D eigenvalue weighted by Crippen LogP contribution is 2.25. The van der Waals surface area contributed by atoms with E-state index in [4.69, 9.17) is 16.3 Å². The van der Waals surface area contributed by atoms with Crippen molar-refractivity contribution in [3.8, 4) is 0 Å². The molecule has 0 radical (unpaired) electrons. The average Bonchev–Trinajstić information content (AvgIpc) is 3.08. The summed E-state index contributed by atoms with van der Waals surface area (Å²) < 4.78 is 19.1. The van der Waals surface area contributed by atoms with Gasteiger partial charge in [0.25, 0.3) is 5.91 Å². The SMILES string of the molecule is CN(CCc1ccccc1)C1C(CNC(=O)c2ccc(F)c(Cl)c2)OC(CO)C1O. The number of amides is 1. The summed E-state index contributed by atoms with van der Waals surface area (Å²) in [5.41, 5.74) is 1.40. The first-order valence-electron chi connectivity index (χ1n) is 9.82. The first kappa shape index (κ1) is 22.7. The van der Waals surface area contributed by atoms with E-state index in [0.29, 0.717) is 6.54 Å². The third-order valence-corrected chi connectivity index (χ3v) is 5.68. The maximum atomic E-state index is 13.3. The van der Waals surface area contributed by atoms with Crippen molar-refractivity contribution in [3.05, 3.63) is 70.5 Å². The number of carbonyl (C=O) groups excluding carboxylic acids is 1. The normalized spacial score (nSPS) is 23.7. The number of likely N-dealkylation sites (N-methyl/N-ethyl adjacent to an activating group) is 1. The van der Waals surface area contributed by atoms with Gasteiger partial charge in [0.05, 0.1) is 23.8 Å². The number of carbonyl (C=O) groups is 1. The van der Waals surface area contributed by atoms with E-state index < -0.39 is 36.1 Å². The number of nitrogens with zero attached hydrogens (tertiary/aromatic N) is 1. The number of hydrogen-bond acceptors (Lipinski definition) is 5. The van der Waals surface area contributed by atoms with Crippen molar-refractivity contribution >= 4 is 17.5 Å². The minimum atomic E-state index is -0.891. The number of aliphatic hydroxyl groups is 2. The second kappa shape index (κ2) is 10.3. The number of hydrogen-bond donors (Lipinski definition) is 3. The van der Waals surface area contributed by atoms with Crippen LogP contribution < -0.4 is 5.32 Å². The van der Waals surface area contributed by atoms with E-state index in [-0.39, 0.29) is 23.7 Å². The summed E-state index contributed by atoms with van der Waals surface area (Å²) >= 11 is 5.75. The van der Waals surface area contributed by atoms with Gasteiger partial charge in [-0.05, 0) is 37.2 Å². The summed E-state index contributed by atoms with van der Waals surface area (Å²) in [6.45, 7) is 0.481. The molecule has 1 heterocycles. The zero-order valence-corrected chi connectivity index (χ0v) is 17.4. The number of aliphatic hydroxyl groups excluding tert-OH is 2. The summed E-state index contributed by atoms with van der Waals surface area (Å²) in [5.74, 6) is -1.02. The van der Waals surface area contributed by atoms with E-state index in [2.05, 4.69) is 5.32 Å². The maximum absolute atomic E-state index is 13.3. The largest absolute Gasteiger partial charge is 0.394 e. The molecule has 6 nitrogen and oxygen atoms in total. The Morgan fingerprint density at radius 2 is 1.97 bits per heavy atom. The van der Waals surface area contributed by atoms with Crippen LogP contribution in [0.2, 0.25) is 5.02 Å². The lowest BCUT2D eigenvalue weighted by atomic mass is 10.0. The molecule has 4 unspecified atom stereocenters. The van der Waals surface area contributed by atoms with Crippen LogP contribution in [0.3, 0.4) is 0 Å². The fourth-order valence-electron chi connectivity index (χ4n) is 3.72. The third-order valence-electron chi connectivity index (χ3n) is 5.39. The zero-order chi connectivity index (χ0) is 21.7. The monoisotopic (exact) mass is 436 g/mol. The van der Waals surface area contributed by atoms with E-state index in [1.165, 1.54) is 17.7 Å². The molecular weight excluding hydrogens is 411 g/mol. The highest BCUT2D eigenvalue weighted by atomic mass is 35.5. The van der Waals surface area contributed by atoms with Crippen LogP contribution >= 0.6 is 11.6 Å². The summed E-state index contributed by atoms with van der Waals surface area (Å²) in [7, 11) is 1.88. The maximum Gasteiger partial charge on any atom is 0.251 e. The number of nitrogens with one attached hydrogen (secondary N) is 1. The van der Waals surface area contributed by atoms with Crippen molar-refractivity contribution in [2.24, 2.45) is 0 Å². The Bertz CT molecular complexity index is 854. The summed E-state index contributed by atoms with van der Waals surface area (Å²) in [6, 6.07) is 13.3. The van der Waals surface area contributed by atoms with Gasteiger partial charge in [-0.2, -0.15) is 0 Å². The van der Waals surface area contributed by atoms with Crippen molar-refractivity contribution in [1.29, 1.82) is 0 Å². The van der Waals surface area contributed by atoms with Gasteiger partial charge in [-0.1, -0.05) is 41.9 Å². The fraction of sp³-hybridized carbons (Fsp3) is 0.409. The second-order valence-electron chi connectivity index (χ2n) is 7.43. The highest BCUT2D eigenvalue weighted by molar-refractivity contribution is 6.31. The number of rotatable bonds is 8. The molecule has 0 spiro atoms. The van der Waals surface area contributed by atoms with Gasteiger partial charge in [0, 0.05) is 18.7 Å². The van der Waals surface area contributed by atoms with Gasteiger partial charge in [0.1, 0.15) is 18.0 Å². The Labute approximate surface area is 180 Å². The minimum absolute atomic E-state index is 0.127. The molecule has 2 aromatic rings. The predicted molar refractivity (Wildman–Crippen MR) is 112 cm³/mol. The van der Waals surface area contributed by atoms with Crippen molar-refractivity contribution in [3.63, 3.8) is 0 Å². The smallest absolute Gasteiger partial charge is 0.251 e. The molecule has 1 amide bonds. The van der Waals surface area contributed by atoms with E-state index in [1.54, 1.807) is 0 Å². The Hall–Kier alpha value is -2.03. The first-order chi connectivity index (χ1) is 14.4. The zero-order valence-electron chi connectivity index (χ0n) is 16.7. The topological polar surface area (TPSA) is 82.0 Å². The Morgan fingerprint density at radius 1 is 1.23 bits per heavy atom. The Morgan fingerprint density at radius 3 is 2.63 bits per heavy atom. The first-order valence-corrected chi connectivity index (χ1v) is 10.2. The molecule has 3 rings (SSSR count). The average molecular weight is 437 g/mol. The molecule has 0 aromatic heterocycles. The molecule has 0 aliphatic carbocycles. The van der Waals surface area contributed by atoms with Gasteiger partial charge >= 0.3 is 0 Å². The van der Waals surface area contributed by atoms with E-state index in [9.17, 15) is 19.4 Å². The van der Waals surface area contributed by atoms with Gasteiger partial charge < -0.3 is 20.3 Å². The molecular formula is C22H26ClFN2O4. The van der Waals surface area contributed by atoms with Crippen molar-refractivity contribution in [2.75, 3.05) is 26.7 Å². The van der Waals surface area contributed by atoms with Crippen LogP contribution in [0.4, 0.5) is 4.39 Å². The van der Waals surface area contributed by atoms with Crippen LogP contribution in [0, 0.1) is 5.82 Å². The molecule has 4 atom stereocenters. The summed E-state index contributed by atoms with van der Waals surface area (Å²) in [4.78, 5) is 14.4. The van der Waals surface area contributed by atoms with E-state index in [1.807, 2.05) is 42.3 Å². The van der Waals surface area contributed by atoms with Crippen LogP contribution in [0.25, 0.3) is 0 Å². The van der Waals surface area contributed by atoms with E-state index >= 15 is 0 Å². The van der Waals surface area contributed by atoms with Gasteiger partial charge in [0.2, 0.25) is 0 Å². The van der Waals surface area contributed by atoms with Crippen molar-refractivity contribution in [2.45, 2.75) is 30.8 Å². The van der Waals surface area contributed by atoms with Gasteiger partial charge in [-0.15, -0.1) is 0 Å². The van der Waals surface area contributed by atoms with Gasteiger partial charge in [-0.3, -0.25) is 9.69 Å². The standard InChI is InChI=1S/C22H26ClFN2O4/c1-26(10-9-14-5-3-2-4-6-14)20-18(30-19(13-27)21(20)28)12-25-22(29)15-7-8-17(24)16(23)11-15/h2-8,11,18-21,27-28H,9-10,12-13H2,1H3,(H,25,29). The number of ether oxygens (including phenoxy) is 1. The minimum Gasteiger partial charge on any atom is -0.394 e. The molecule has 0 bridgehead atoms. The third kappa shape index (κ3) is 5.36. The summed E-state index contributed by atoms with van der Waals surface area (Å²) in [5, 5.41) is 22.8. The van der Waals surface area contributed by atoms with Crippen LogP contribution in [-0.2, 0) is 11.2 Å². The molecule has 3 N–H and O–H groups in total. The number of halogens is 2. The van der Waals surface area contributed by atoms with Crippen LogP contribution in [-0.4, -0.2) is 72.1 Å². The fourth-order valence-corrected chi connectivity index (χ4v) is 3.90. The highest BCUT2D eigenvalue weighted by Gasteiger charge is 2.45. The van der Waals surface area contributed by atoms with Crippen LogP contribution in [0.15, 0.2) is 48.5 Å². The summed E-state index contributed by atoms with van der Waals surface area (Å²) in [6.07, 6.45) is -1.34. The van der Waals surface area contributed by atoms with E-state index in [0.717, 1.165) is 12.5 Å². The molecule has 8 heteroatoms. The Kier molecular flexibility index (Phi) is 7.80. The molecule has 0 saturated carbocycles. The van der Waals surface area contributed by atoms with Crippen LogP contribution in [0.1, 0.15) is 15.9 Å². The molecule has 1 aliphatic rings. The van der Waals surface area contributed by atoms with Gasteiger partial charge in [-0.25, -0.2) is 4.39 Å². The molecule has 1 fully saturated rings. The molecule has 2 aromatic carbocycles. The lowest BCUT2D eigenvalue weighted by Crippen LogP contribution is -2.50. The second-order valence-corrected chi connectivity index (χ2v) is 7.84. The predicted octanol–water partition coefficient (Wildman–Crippen LogP) is 1.87. The number of benzene rings is 2. The van der Waals surface area contributed by atoms with Crippen LogP contribution in [0.5, 0.6) is 0 Å². The molecule has 1 aliphatic heterocycles. The lowest BCUT2D eigenvalue weighted by molar-refractivity contribution is -0.0209. The van der Waals surface area contributed by atoms with Gasteiger partial charge in [0.15, 0.2) is 0 Å².